The summed E-state index contributed by atoms with van der Waals surface area (Å²) in [5.41, 5.74) is 0.714. The van der Waals surface area contributed by atoms with Gasteiger partial charge in [0.2, 0.25) is 11.8 Å². The summed E-state index contributed by atoms with van der Waals surface area (Å²) in [7, 11) is -1.43. The zero-order valence-electron chi connectivity index (χ0n) is 24.0. The van der Waals surface area contributed by atoms with E-state index in [4.69, 9.17) is 32.7 Å². The van der Waals surface area contributed by atoms with Crippen molar-refractivity contribution in [1.29, 1.82) is 0 Å². The van der Waals surface area contributed by atoms with Crippen molar-refractivity contribution in [2.24, 2.45) is 0 Å². The third-order valence-electron chi connectivity index (χ3n) is 6.60. The van der Waals surface area contributed by atoms with E-state index in [2.05, 4.69) is 5.32 Å². The molecule has 3 rings (SSSR count). The number of halogens is 2. The van der Waals surface area contributed by atoms with Crippen LogP contribution in [-0.2, 0) is 26.2 Å². The van der Waals surface area contributed by atoms with Crippen molar-refractivity contribution in [3.05, 3.63) is 82.3 Å². The number of amides is 2. The second kappa shape index (κ2) is 15.1. The lowest BCUT2D eigenvalue weighted by molar-refractivity contribution is -0.139. The minimum Gasteiger partial charge on any atom is -0.497 e. The molecule has 9 nitrogen and oxygen atoms in total. The smallest absolute Gasteiger partial charge is 0.264 e. The molecule has 12 heteroatoms. The lowest BCUT2D eigenvalue weighted by Gasteiger charge is -2.32. The predicted octanol–water partition coefficient (Wildman–Crippen LogP) is 5.54. The van der Waals surface area contributed by atoms with Crippen LogP contribution in [0.25, 0.3) is 0 Å². The molecule has 1 unspecified atom stereocenters. The maximum absolute atomic E-state index is 14.1. The van der Waals surface area contributed by atoms with Gasteiger partial charge in [-0.3, -0.25) is 13.9 Å². The van der Waals surface area contributed by atoms with Gasteiger partial charge in [0.25, 0.3) is 10.0 Å². The van der Waals surface area contributed by atoms with Gasteiger partial charge in [0.15, 0.2) is 0 Å². The molecule has 0 radical (unpaired) electrons. The number of hydrogen-bond acceptors (Lipinski definition) is 6. The van der Waals surface area contributed by atoms with Gasteiger partial charge >= 0.3 is 0 Å². The molecule has 0 saturated heterocycles. The fourth-order valence-corrected chi connectivity index (χ4v) is 5.94. The third kappa shape index (κ3) is 8.08. The lowest BCUT2D eigenvalue weighted by Crippen LogP contribution is -2.51. The molecular formula is C30H35Cl2N3O6S. The van der Waals surface area contributed by atoms with Crippen molar-refractivity contribution < 1.29 is 27.5 Å². The summed E-state index contributed by atoms with van der Waals surface area (Å²) in [5.74, 6) is -0.413. The predicted molar refractivity (Wildman–Crippen MR) is 165 cm³/mol. The van der Waals surface area contributed by atoms with Crippen molar-refractivity contribution in [1.82, 2.24) is 10.2 Å². The van der Waals surface area contributed by atoms with Gasteiger partial charge in [0.1, 0.15) is 24.1 Å². The van der Waals surface area contributed by atoms with Crippen LogP contribution in [0.3, 0.4) is 0 Å². The Balaban J connectivity index is 2.09. The molecule has 226 valence electrons. The largest absolute Gasteiger partial charge is 0.497 e. The van der Waals surface area contributed by atoms with Crippen LogP contribution in [0, 0.1) is 0 Å². The quantitative estimate of drug-likeness (QED) is 0.233. The maximum atomic E-state index is 14.1. The molecule has 0 aliphatic heterocycles. The molecule has 0 aromatic heterocycles. The molecule has 2 amide bonds. The standard InChI is InChI=1S/C30H35Cl2N3O6S/c1-5-6-16-33-30(37)21(2)34(19-22-12-14-25(31)26(32)17-22)29(36)20-35(42(38,39)24-10-8-7-9-11-24)27-18-23(40-3)13-15-28(27)41-4/h7-15,17-18,21H,5-6,16,19-20H2,1-4H3,(H,33,37). The van der Waals surface area contributed by atoms with Crippen molar-refractivity contribution in [2.45, 2.75) is 44.2 Å². The number of rotatable bonds is 14. The van der Waals surface area contributed by atoms with E-state index in [9.17, 15) is 18.0 Å². The van der Waals surface area contributed by atoms with Crippen LogP contribution in [0.15, 0.2) is 71.6 Å². The number of nitrogens with one attached hydrogen (secondary N) is 1. The molecule has 42 heavy (non-hydrogen) atoms. The molecule has 0 aliphatic rings. The second-order valence-electron chi connectivity index (χ2n) is 9.45. The van der Waals surface area contributed by atoms with E-state index in [0.29, 0.717) is 22.9 Å². The molecule has 0 saturated carbocycles. The van der Waals surface area contributed by atoms with Gasteiger partial charge in [0, 0.05) is 19.2 Å². The number of sulfonamides is 1. The summed E-state index contributed by atoms with van der Waals surface area (Å²) in [6.07, 6.45) is 1.66. The van der Waals surface area contributed by atoms with Crippen molar-refractivity contribution in [3.63, 3.8) is 0 Å². The molecule has 0 bridgehead atoms. The first kappa shape index (κ1) is 33.0. The summed E-state index contributed by atoms with van der Waals surface area (Å²) < 4.78 is 39.8. The number of anilines is 1. The van der Waals surface area contributed by atoms with Gasteiger partial charge in [-0.15, -0.1) is 0 Å². The van der Waals surface area contributed by atoms with Gasteiger partial charge in [-0.1, -0.05) is 60.8 Å². The Morgan fingerprint density at radius 3 is 2.29 bits per heavy atom. The van der Waals surface area contributed by atoms with Gasteiger partial charge in [-0.05, 0) is 55.3 Å². The van der Waals surface area contributed by atoms with Crippen LogP contribution in [0.1, 0.15) is 32.3 Å². The zero-order valence-corrected chi connectivity index (χ0v) is 26.3. The average molecular weight is 637 g/mol. The second-order valence-corrected chi connectivity index (χ2v) is 12.1. The van der Waals surface area contributed by atoms with Gasteiger partial charge < -0.3 is 19.7 Å². The molecule has 0 spiro atoms. The van der Waals surface area contributed by atoms with Crippen LogP contribution in [0.2, 0.25) is 10.0 Å². The van der Waals surface area contributed by atoms with Crippen LogP contribution in [0.5, 0.6) is 11.5 Å². The Morgan fingerprint density at radius 1 is 0.952 bits per heavy atom. The number of ether oxygens (including phenoxy) is 2. The van der Waals surface area contributed by atoms with E-state index >= 15 is 0 Å². The normalized spacial score (nSPS) is 11.9. The summed E-state index contributed by atoms with van der Waals surface area (Å²) >= 11 is 12.3. The fourth-order valence-electron chi connectivity index (χ4n) is 4.18. The Bertz CT molecular complexity index is 1490. The molecular weight excluding hydrogens is 601 g/mol. The minimum atomic E-state index is -4.28. The highest BCUT2D eigenvalue weighted by Crippen LogP contribution is 2.36. The fraction of sp³-hybridized carbons (Fsp3) is 0.333. The first-order valence-electron chi connectivity index (χ1n) is 13.3. The van der Waals surface area contributed by atoms with Crippen LogP contribution in [0.4, 0.5) is 5.69 Å². The van der Waals surface area contributed by atoms with Crippen molar-refractivity contribution >= 4 is 50.7 Å². The number of nitrogens with zero attached hydrogens (tertiary/aromatic N) is 2. The number of unbranched alkanes of at least 4 members (excludes halogenated alkanes) is 1. The Hall–Kier alpha value is -3.47. The van der Waals surface area contributed by atoms with Crippen LogP contribution in [-0.4, -0.2) is 58.5 Å². The Kier molecular flexibility index (Phi) is 11.9. The Morgan fingerprint density at radius 2 is 1.67 bits per heavy atom. The van der Waals surface area contributed by atoms with Gasteiger partial charge in [-0.2, -0.15) is 0 Å². The van der Waals surface area contributed by atoms with Crippen LogP contribution >= 0.6 is 23.2 Å². The summed E-state index contributed by atoms with van der Waals surface area (Å²) in [6, 6.07) is 16.4. The summed E-state index contributed by atoms with van der Waals surface area (Å²) in [5, 5.41) is 3.48. The van der Waals surface area contributed by atoms with E-state index in [1.807, 2.05) is 6.92 Å². The van der Waals surface area contributed by atoms with Crippen molar-refractivity contribution in [3.8, 4) is 11.5 Å². The van der Waals surface area contributed by atoms with E-state index in [1.54, 1.807) is 55.5 Å². The zero-order chi connectivity index (χ0) is 30.9. The SMILES string of the molecule is CCCCNC(=O)C(C)N(Cc1ccc(Cl)c(Cl)c1)C(=O)CN(c1cc(OC)ccc1OC)S(=O)(=O)c1ccccc1. The number of carbonyl (C=O) groups excluding carboxylic acids is 2. The van der Waals surface area contributed by atoms with Gasteiger partial charge in [-0.25, -0.2) is 8.42 Å². The molecule has 3 aromatic rings. The van der Waals surface area contributed by atoms with Gasteiger partial charge in [0.05, 0.1) is 34.8 Å². The van der Waals surface area contributed by atoms with E-state index in [0.717, 1.165) is 17.1 Å². The average Bonchev–Trinajstić information content (AvgIpc) is 2.99. The van der Waals surface area contributed by atoms with E-state index in [1.165, 1.54) is 37.3 Å². The maximum Gasteiger partial charge on any atom is 0.264 e. The minimum absolute atomic E-state index is 0.0213. The summed E-state index contributed by atoms with van der Waals surface area (Å²) in [6.45, 7) is 3.40. The number of carbonyl (C=O) groups is 2. The highest BCUT2D eigenvalue weighted by Gasteiger charge is 2.34. The van der Waals surface area contributed by atoms with E-state index < -0.39 is 28.5 Å². The molecule has 1 atom stereocenters. The van der Waals surface area contributed by atoms with Crippen LogP contribution < -0.4 is 19.1 Å². The molecule has 1 N–H and O–H groups in total. The Labute approximate surface area is 257 Å². The molecule has 0 heterocycles. The molecule has 3 aromatic carbocycles. The summed E-state index contributed by atoms with van der Waals surface area (Å²) in [4.78, 5) is 28.5. The van der Waals surface area contributed by atoms with Crippen molar-refractivity contribution in [2.75, 3.05) is 31.6 Å². The number of hydrogen-bond donors (Lipinski definition) is 1. The monoisotopic (exact) mass is 635 g/mol. The third-order valence-corrected chi connectivity index (χ3v) is 9.11. The number of benzene rings is 3. The molecule has 0 fully saturated rings. The lowest BCUT2D eigenvalue weighted by atomic mass is 10.1. The first-order valence-corrected chi connectivity index (χ1v) is 15.5. The van der Waals surface area contributed by atoms with E-state index in [-0.39, 0.29) is 33.8 Å². The highest BCUT2D eigenvalue weighted by atomic mass is 35.5. The first-order chi connectivity index (χ1) is 20.0. The molecule has 0 aliphatic carbocycles. The number of methoxy groups -OCH3 is 2. The topological polar surface area (TPSA) is 105 Å². The highest BCUT2D eigenvalue weighted by molar-refractivity contribution is 7.92.